The first-order chi connectivity index (χ1) is 20.2. The van der Waals surface area contributed by atoms with Gasteiger partial charge in [0.2, 0.25) is 0 Å². The van der Waals surface area contributed by atoms with Gasteiger partial charge in [-0.3, -0.25) is 0 Å². The van der Waals surface area contributed by atoms with E-state index in [2.05, 4.69) is 101 Å². The fourth-order valence-corrected chi connectivity index (χ4v) is 5.17. The number of aromatic nitrogens is 6. The number of nitrogens with zero attached hydrogens (tertiary/aromatic N) is 6. The molecule has 3 aromatic rings. The average Bonchev–Trinajstić information content (AvgIpc) is 3.49. The van der Waals surface area contributed by atoms with Crippen molar-refractivity contribution in [2.24, 2.45) is 35.5 Å². The number of rotatable bonds is 18. The summed E-state index contributed by atoms with van der Waals surface area (Å²) in [6.45, 7) is 26.3. The van der Waals surface area contributed by atoms with Crippen molar-refractivity contribution in [1.82, 2.24) is 29.8 Å². The molecule has 0 unspecified atom stereocenters. The largest absolute Gasteiger partial charge is 0.929 e. The standard InChI is InChI=1S/C33H57BN6O3/c1-22(2)13-28-19-31(16-25(7)8)38(35-28)41-34(42-39-32(17-26(9)10)20-29(36-39)14-23(3)4)43-40-33(18-27(11)12)21-30(37-40)15-24(5)6/h19-27H,13-18H2,1-12H3. The summed E-state index contributed by atoms with van der Waals surface area (Å²) in [4.78, 5) is 4.76. The van der Waals surface area contributed by atoms with Crippen LogP contribution in [0.3, 0.4) is 0 Å². The fraction of sp³-hybridized carbons (Fsp3) is 0.727. The van der Waals surface area contributed by atoms with E-state index in [1.54, 1.807) is 14.5 Å². The first-order valence-corrected chi connectivity index (χ1v) is 16.4. The Morgan fingerprint density at radius 2 is 0.674 bits per heavy atom. The van der Waals surface area contributed by atoms with Crippen molar-refractivity contribution in [2.75, 3.05) is 0 Å². The maximum absolute atomic E-state index is 6.46. The lowest BCUT2D eigenvalue weighted by Gasteiger charge is -2.19. The van der Waals surface area contributed by atoms with Gasteiger partial charge in [-0.1, -0.05) is 83.1 Å². The second-order valence-electron chi connectivity index (χ2n) is 14.7. The van der Waals surface area contributed by atoms with Crippen LogP contribution in [0.5, 0.6) is 0 Å². The monoisotopic (exact) mass is 596 g/mol. The van der Waals surface area contributed by atoms with Crippen molar-refractivity contribution in [3.05, 3.63) is 52.4 Å². The van der Waals surface area contributed by atoms with Gasteiger partial charge in [-0.15, -0.1) is 29.8 Å². The van der Waals surface area contributed by atoms with E-state index in [9.17, 15) is 0 Å². The van der Waals surface area contributed by atoms with E-state index in [-0.39, 0.29) is 0 Å². The highest BCUT2D eigenvalue weighted by Gasteiger charge is 2.37. The lowest BCUT2D eigenvalue weighted by Crippen LogP contribution is -2.50. The summed E-state index contributed by atoms with van der Waals surface area (Å²) < 4.78 is 19.4. The minimum absolute atomic E-state index is 0.427. The highest BCUT2D eigenvalue weighted by molar-refractivity contribution is 6.37. The second kappa shape index (κ2) is 15.7. The van der Waals surface area contributed by atoms with Gasteiger partial charge in [-0.25, -0.2) is 0 Å². The zero-order valence-electron chi connectivity index (χ0n) is 28.9. The van der Waals surface area contributed by atoms with Gasteiger partial charge in [0.1, 0.15) is 0 Å². The summed E-state index contributed by atoms with van der Waals surface area (Å²) in [6, 6.07) is 6.40. The van der Waals surface area contributed by atoms with Gasteiger partial charge in [0.15, 0.2) is 0 Å². The molecule has 10 heteroatoms. The molecule has 0 spiro atoms. The summed E-state index contributed by atoms with van der Waals surface area (Å²) in [5.41, 5.74) is 5.91. The molecular formula is C33H57BN6O3. The Morgan fingerprint density at radius 3 is 0.884 bits per heavy atom. The van der Waals surface area contributed by atoms with E-state index < -0.39 is 7.32 Å². The molecule has 0 aliphatic rings. The van der Waals surface area contributed by atoms with E-state index in [1.807, 2.05) is 0 Å². The molecule has 0 bridgehead atoms. The van der Waals surface area contributed by atoms with E-state index in [0.717, 1.165) is 72.7 Å². The summed E-state index contributed by atoms with van der Waals surface area (Å²) >= 11 is 0. The summed E-state index contributed by atoms with van der Waals surface area (Å²) in [7, 11) is -1.19. The van der Waals surface area contributed by atoms with Crippen LogP contribution in [0.25, 0.3) is 0 Å². The van der Waals surface area contributed by atoms with Crippen molar-refractivity contribution < 1.29 is 14.3 Å². The normalized spacial score (nSPS) is 12.1. The van der Waals surface area contributed by atoms with Crippen LogP contribution in [0, 0.1) is 35.5 Å². The van der Waals surface area contributed by atoms with Gasteiger partial charge < -0.3 is 14.3 Å². The van der Waals surface area contributed by atoms with Gasteiger partial charge in [-0.05, 0) is 92.2 Å². The van der Waals surface area contributed by atoms with Crippen molar-refractivity contribution >= 4 is 7.32 Å². The van der Waals surface area contributed by atoms with Gasteiger partial charge in [0, 0.05) is 0 Å². The predicted molar refractivity (Wildman–Crippen MR) is 173 cm³/mol. The maximum atomic E-state index is 6.46. The third-order valence-electron chi connectivity index (χ3n) is 6.66. The minimum Gasteiger partial charge on any atom is -0.380 e. The van der Waals surface area contributed by atoms with Gasteiger partial charge >= 0.3 is 7.32 Å². The van der Waals surface area contributed by atoms with Gasteiger partial charge in [0.25, 0.3) is 0 Å². The molecule has 0 aliphatic carbocycles. The smallest absolute Gasteiger partial charge is 0.380 e. The highest BCUT2D eigenvalue weighted by atomic mass is 16.9. The molecule has 0 radical (unpaired) electrons. The van der Waals surface area contributed by atoms with Crippen LogP contribution in [0.1, 0.15) is 117 Å². The molecule has 3 rings (SSSR count). The Kier molecular flexibility index (Phi) is 12.6. The van der Waals surface area contributed by atoms with Crippen LogP contribution in [0.4, 0.5) is 0 Å². The van der Waals surface area contributed by atoms with Crippen LogP contribution < -0.4 is 14.3 Å². The molecule has 0 aliphatic heterocycles. The summed E-state index contributed by atoms with van der Waals surface area (Å²) in [5, 5.41) is 14.5. The Labute approximate surface area is 260 Å². The van der Waals surface area contributed by atoms with Crippen LogP contribution in [0.2, 0.25) is 0 Å². The van der Waals surface area contributed by atoms with Gasteiger partial charge in [-0.2, -0.15) is 0 Å². The van der Waals surface area contributed by atoms with E-state index >= 15 is 0 Å². The first kappa shape index (κ1) is 34.6. The van der Waals surface area contributed by atoms with Crippen LogP contribution in [0.15, 0.2) is 18.2 Å². The zero-order valence-corrected chi connectivity index (χ0v) is 28.9. The third kappa shape index (κ3) is 11.3. The molecule has 3 aromatic heterocycles. The van der Waals surface area contributed by atoms with Crippen LogP contribution in [-0.2, 0) is 38.5 Å². The SMILES string of the molecule is CC(C)Cc1cc(CC(C)C)n(OB(On2nc(CC(C)C)cc2CC(C)C)On2nc(CC(C)C)cc2CC(C)C)n1. The molecular weight excluding hydrogens is 539 g/mol. The molecule has 43 heavy (non-hydrogen) atoms. The topological polar surface area (TPSA) is 81.1 Å². The van der Waals surface area contributed by atoms with Crippen LogP contribution in [-0.4, -0.2) is 37.2 Å². The first-order valence-electron chi connectivity index (χ1n) is 16.4. The molecule has 0 fully saturated rings. The lowest BCUT2D eigenvalue weighted by molar-refractivity contribution is 0.0320. The molecule has 0 saturated heterocycles. The second-order valence-corrected chi connectivity index (χ2v) is 14.7. The Morgan fingerprint density at radius 1 is 0.442 bits per heavy atom. The molecule has 0 N–H and O–H groups in total. The van der Waals surface area contributed by atoms with E-state index in [0.29, 0.717) is 35.5 Å². The van der Waals surface area contributed by atoms with Gasteiger partial charge in [0.05, 0.1) is 34.2 Å². The maximum Gasteiger partial charge on any atom is 0.929 e. The lowest BCUT2D eigenvalue weighted by atomic mass is 10.1. The number of hydrogen-bond acceptors (Lipinski definition) is 6. The average molecular weight is 597 g/mol. The zero-order chi connectivity index (χ0) is 31.8. The Balaban J connectivity index is 2.05. The van der Waals surface area contributed by atoms with E-state index in [1.165, 1.54) is 0 Å². The quantitative estimate of drug-likeness (QED) is 0.164. The molecule has 3 heterocycles. The number of hydrogen-bond donors (Lipinski definition) is 0. The van der Waals surface area contributed by atoms with Crippen LogP contribution >= 0.6 is 0 Å². The molecule has 0 aromatic carbocycles. The molecule has 0 saturated carbocycles. The molecule has 0 atom stereocenters. The Bertz CT molecular complexity index is 1100. The molecule has 9 nitrogen and oxygen atoms in total. The van der Waals surface area contributed by atoms with Crippen molar-refractivity contribution in [3.8, 4) is 0 Å². The van der Waals surface area contributed by atoms with E-state index in [4.69, 9.17) is 29.6 Å². The summed E-state index contributed by atoms with van der Waals surface area (Å²) in [6.07, 6.45) is 5.03. The highest BCUT2D eigenvalue weighted by Crippen LogP contribution is 2.17. The molecule has 240 valence electrons. The third-order valence-corrected chi connectivity index (χ3v) is 6.66. The predicted octanol–water partition coefficient (Wildman–Crippen LogP) is 6.14. The van der Waals surface area contributed by atoms with Crippen molar-refractivity contribution in [2.45, 2.75) is 122 Å². The molecule has 0 amide bonds. The van der Waals surface area contributed by atoms with Crippen molar-refractivity contribution in [1.29, 1.82) is 0 Å². The fourth-order valence-electron chi connectivity index (χ4n) is 5.17. The summed E-state index contributed by atoms with van der Waals surface area (Å²) in [5.74, 6) is 2.70. The van der Waals surface area contributed by atoms with Crippen molar-refractivity contribution in [3.63, 3.8) is 0 Å². The Hall–Kier alpha value is -2.91. The minimum atomic E-state index is -1.19.